The molecule has 45 heavy (non-hydrogen) atoms. The smallest absolute Gasteiger partial charge is 0.220 e. The number of rotatable bonds is 20. The summed E-state index contributed by atoms with van der Waals surface area (Å²) in [5.41, 5.74) is 0. The monoisotopic (exact) mass is 649 g/mol. The van der Waals surface area contributed by atoms with Gasteiger partial charge in [0.15, 0.2) is 12.6 Å². The fraction of sp³-hybridized carbons (Fsp3) is 0.839. The topological polar surface area (TPSA) is 228 Å². The highest BCUT2D eigenvalue weighted by Gasteiger charge is 2.50. The molecule has 0 saturated carbocycles. The van der Waals surface area contributed by atoms with Gasteiger partial charge in [0.25, 0.3) is 0 Å². The molecule has 262 valence electrons. The first-order valence-electron chi connectivity index (χ1n) is 16.1. The van der Waals surface area contributed by atoms with E-state index in [9.17, 15) is 45.6 Å². The number of unbranched alkanes of at least 4 members (excludes halogenated alkanes) is 6. The summed E-state index contributed by atoms with van der Waals surface area (Å²) in [6.07, 6.45) is -0.526. The van der Waals surface area contributed by atoms with Gasteiger partial charge in [0.05, 0.1) is 32.0 Å². The lowest BCUT2D eigenvalue weighted by atomic mass is 9.97. The Hall–Kier alpha value is -1.53. The SMILES string of the molecule is CCCCCCC/C=C/CC/C=C/C(O)C(COC1OC(CO)C(OC2OC(CO)C(O)C(O)C2O)C(O)C1O)NC(=O)CC. The first-order valence-corrected chi connectivity index (χ1v) is 16.1. The minimum atomic E-state index is -1.78. The van der Waals surface area contributed by atoms with Crippen molar-refractivity contribution >= 4 is 5.91 Å². The van der Waals surface area contributed by atoms with E-state index >= 15 is 0 Å². The summed E-state index contributed by atoms with van der Waals surface area (Å²) in [5.74, 6) is -0.343. The van der Waals surface area contributed by atoms with Crippen molar-refractivity contribution in [3.63, 3.8) is 0 Å². The van der Waals surface area contributed by atoms with E-state index in [0.717, 1.165) is 12.8 Å². The second-order valence-electron chi connectivity index (χ2n) is 11.5. The number of allylic oxidation sites excluding steroid dienone is 3. The molecule has 2 heterocycles. The van der Waals surface area contributed by atoms with Crippen molar-refractivity contribution in [2.24, 2.45) is 0 Å². The zero-order chi connectivity index (χ0) is 33.4. The zero-order valence-corrected chi connectivity index (χ0v) is 26.3. The molecular weight excluding hydrogens is 594 g/mol. The average Bonchev–Trinajstić information content (AvgIpc) is 3.04. The molecule has 0 bridgehead atoms. The standard InChI is InChI=1S/C31H55NO13/c1-3-5-6-7-8-9-10-11-12-13-14-15-20(35)19(32-23(36)4-2)18-42-30-28(41)26(39)29(22(17-34)44-30)45-31-27(40)25(38)24(37)21(16-33)43-31/h10-11,14-15,19-22,24-31,33-35,37-41H,3-9,12-13,16-18H2,1-2H3,(H,32,36)/b11-10+,15-14+. The van der Waals surface area contributed by atoms with Gasteiger partial charge < -0.3 is 65.1 Å². The summed E-state index contributed by atoms with van der Waals surface area (Å²) in [4.78, 5) is 12.1. The van der Waals surface area contributed by atoms with Crippen LogP contribution in [0.25, 0.3) is 0 Å². The van der Waals surface area contributed by atoms with Crippen LogP contribution >= 0.6 is 0 Å². The van der Waals surface area contributed by atoms with Gasteiger partial charge >= 0.3 is 0 Å². The predicted octanol–water partition coefficient (Wildman–Crippen LogP) is -0.864. The molecule has 2 aliphatic heterocycles. The van der Waals surface area contributed by atoms with Gasteiger partial charge in [0, 0.05) is 6.42 Å². The summed E-state index contributed by atoms with van der Waals surface area (Å²) in [7, 11) is 0. The van der Waals surface area contributed by atoms with Crippen LogP contribution in [-0.4, -0.2) is 140 Å². The number of nitrogens with one attached hydrogen (secondary N) is 1. The van der Waals surface area contributed by atoms with Gasteiger partial charge in [-0.15, -0.1) is 0 Å². The van der Waals surface area contributed by atoms with E-state index in [4.69, 9.17) is 18.9 Å². The fourth-order valence-corrected chi connectivity index (χ4v) is 5.09. The van der Waals surface area contributed by atoms with Crippen LogP contribution in [0.5, 0.6) is 0 Å². The highest BCUT2D eigenvalue weighted by molar-refractivity contribution is 5.75. The van der Waals surface area contributed by atoms with E-state index < -0.39 is 86.8 Å². The minimum Gasteiger partial charge on any atom is -0.394 e. The average molecular weight is 650 g/mol. The maximum atomic E-state index is 12.1. The van der Waals surface area contributed by atoms with E-state index in [1.165, 1.54) is 32.1 Å². The highest BCUT2D eigenvalue weighted by Crippen LogP contribution is 2.29. The fourth-order valence-electron chi connectivity index (χ4n) is 5.09. The third-order valence-electron chi connectivity index (χ3n) is 7.95. The van der Waals surface area contributed by atoms with Gasteiger partial charge in [-0.25, -0.2) is 0 Å². The van der Waals surface area contributed by atoms with Crippen LogP contribution in [0.3, 0.4) is 0 Å². The third-order valence-corrected chi connectivity index (χ3v) is 7.95. The summed E-state index contributed by atoms with van der Waals surface area (Å²) in [6.45, 7) is 2.10. The first-order chi connectivity index (χ1) is 21.6. The van der Waals surface area contributed by atoms with Gasteiger partial charge in [-0.3, -0.25) is 4.79 Å². The molecule has 2 fully saturated rings. The number of hydrogen-bond acceptors (Lipinski definition) is 13. The van der Waals surface area contributed by atoms with Crippen LogP contribution in [-0.2, 0) is 23.7 Å². The molecule has 12 unspecified atom stereocenters. The van der Waals surface area contributed by atoms with Crippen molar-refractivity contribution in [3.05, 3.63) is 24.3 Å². The summed E-state index contributed by atoms with van der Waals surface area (Å²) < 4.78 is 22.1. The van der Waals surface area contributed by atoms with Crippen molar-refractivity contribution in [3.8, 4) is 0 Å². The number of amides is 1. The second-order valence-corrected chi connectivity index (χ2v) is 11.5. The molecule has 0 spiro atoms. The minimum absolute atomic E-state index is 0.154. The molecule has 14 heteroatoms. The van der Waals surface area contributed by atoms with Crippen molar-refractivity contribution < 1.29 is 64.6 Å². The number of ether oxygens (including phenoxy) is 4. The van der Waals surface area contributed by atoms with Crippen molar-refractivity contribution in [1.29, 1.82) is 0 Å². The maximum Gasteiger partial charge on any atom is 0.220 e. The van der Waals surface area contributed by atoms with Gasteiger partial charge in [0.2, 0.25) is 5.91 Å². The molecule has 0 aromatic carbocycles. The zero-order valence-electron chi connectivity index (χ0n) is 26.3. The molecule has 0 radical (unpaired) electrons. The Bertz CT molecular complexity index is 872. The number of carbonyl (C=O) groups is 1. The van der Waals surface area contributed by atoms with Gasteiger partial charge in [-0.1, -0.05) is 63.8 Å². The van der Waals surface area contributed by atoms with Crippen LogP contribution < -0.4 is 5.32 Å². The normalized spacial score (nSPS) is 33.9. The van der Waals surface area contributed by atoms with Crippen LogP contribution in [0.2, 0.25) is 0 Å². The van der Waals surface area contributed by atoms with Gasteiger partial charge in [-0.05, 0) is 25.7 Å². The lowest BCUT2D eigenvalue weighted by Crippen LogP contribution is -2.65. The number of aliphatic hydroxyl groups is 8. The molecule has 9 N–H and O–H groups in total. The lowest BCUT2D eigenvalue weighted by Gasteiger charge is -2.46. The predicted molar refractivity (Wildman–Crippen MR) is 161 cm³/mol. The second kappa shape index (κ2) is 21.4. The van der Waals surface area contributed by atoms with Crippen LogP contribution in [0.4, 0.5) is 0 Å². The first kappa shape index (κ1) is 39.6. The molecule has 2 saturated heterocycles. The maximum absolute atomic E-state index is 12.1. The molecule has 2 rings (SSSR count). The Morgan fingerprint density at radius 1 is 0.778 bits per heavy atom. The van der Waals surface area contributed by atoms with Crippen LogP contribution in [0.15, 0.2) is 24.3 Å². The lowest BCUT2D eigenvalue weighted by molar-refractivity contribution is -0.359. The number of carbonyl (C=O) groups excluding carboxylic acids is 1. The molecule has 0 aromatic rings. The van der Waals surface area contributed by atoms with Gasteiger partial charge in [-0.2, -0.15) is 0 Å². The molecule has 12 atom stereocenters. The molecule has 14 nitrogen and oxygen atoms in total. The number of aliphatic hydroxyl groups excluding tert-OH is 8. The van der Waals surface area contributed by atoms with Crippen molar-refractivity contribution in [2.45, 2.75) is 145 Å². The van der Waals surface area contributed by atoms with Crippen LogP contribution in [0, 0.1) is 0 Å². The largest absolute Gasteiger partial charge is 0.394 e. The Kier molecular flexibility index (Phi) is 18.8. The molecule has 0 aromatic heterocycles. The van der Waals surface area contributed by atoms with Crippen molar-refractivity contribution in [2.75, 3.05) is 19.8 Å². The Morgan fingerprint density at radius 3 is 2.07 bits per heavy atom. The van der Waals surface area contributed by atoms with E-state index in [-0.39, 0.29) is 18.9 Å². The summed E-state index contributed by atoms with van der Waals surface area (Å²) in [6, 6.07) is -0.920. The Morgan fingerprint density at radius 2 is 1.40 bits per heavy atom. The summed E-state index contributed by atoms with van der Waals surface area (Å²) >= 11 is 0. The van der Waals surface area contributed by atoms with E-state index in [2.05, 4.69) is 24.4 Å². The molecule has 1 amide bonds. The van der Waals surface area contributed by atoms with Crippen LogP contribution in [0.1, 0.15) is 71.6 Å². The van der Waals surface area contributed by atoms with Crippen molar-refractivity contribution in [1.82, 2.24) is 5.32 Å². The quantitative estimate of drug-likeness (QED) is 0.0578. The highest BCUT2D eigenvalue weighted by atomic mass is 16.7. The third kappa shape index (κ3) is 12.5. The van der Waals surface area contributed by atoms with E-state index in [1.807, 2.05) is 0 Å². The number of hydrogen-bond donors (Lipinski definition) is 9. The molecule has 0 aliphatic carbocycles. The van der Waals surface area contributed by atoms with E-state index in [1.54, 1.807) is 19.1 Å². The molecular formula is C31H55NO13. The molecule has 2 aliphatic rings. The Labute approximate surface area is 265 Å². The summed E-state index contributed by atoms with van der Waals surface area (Å²) in [5, 5.41) is 84.6. The van der Waals surface area contributed by atoms with E-state index in [0.29, 0.717) is 6.42 Å². The van der Waals surface area contributed by atoms with Gasteiger partial charge in [0.1, 0.15) is 48.8 Å². The Balaban J connectivity index is 1.94.